The molecule has 2 bridgehead atoms. The molecule has 2 saturated carbocycles. The van der Waals surface area contributed by atoms with Crippen LogP contribution in [0.25, 0.3) is 0 Å². The second-order valence-electron chi connectivity index (χ2n) is 6.21. The van der Waals surface area contributed by atoms with Crippen molar-refractivity contribution in [1.82, 2.24) is 0 Å². The van der Waals surface area contributed by atoms with Crippen LogP contribution in [0.3, 0.4) is 0 Å². The number of fused-ring (bicyclic) bond motifs is 1. The number of halogens is 2. The molecule has 3 fully saturated rings. The van der Waals surface area contributed by atoms with Crippen molar-refractivity contribution in [2.75, 3.05) is 13.2 Å². The van der Waals surface area contributed by atoms with E-state index in [0.717, 1.165) is 0 Å². The van der Waals surface area contributed by atoms with Crippen molar-refractivity contribution in [3.8, 4) is 0 Å². The predicted octanol–water partition coefficient (Wildman–Crippen LogP) is 0.481. The van der Waals surface area contributed by atoms with Gasteiger partial charge in [-0.3, -0.25) is 8.98 Å². The zero-order valence-corrected chi connectivity index (χ0v) is 13.1. The maximum absolute atomic E-state index is 12.6. The molecule has 0 spiro atoms. The normalized spacial score (nSPS) is 36.9. The Morgan fingerprint density at radius 3 is 2.52 bits per heavy atom. The largest absolute Gasteiger partial charge is 0.462 e. The Kier molecular flexibility index (Phi) is 3.87. The molecule has 3 rings (SSSR count). The van der Waals surface area contributed by atoms with Gasteiger partial charge >= 0.3 is 17.9 Å². The van der Waals surface area contributed by atoms with Crippen LogP contribution in [-0.2, 0) is 33.4 Å². The lowest BCUT2D eigenvalue weighted by Gasteiger charge is -2.23. The smallest absolute Gasteiger partial charge is 0.376 e. The summed E-state index contributed by atoms with van der Waals surface area (Å²) in [6.07, 6.45) is 0.282. The molecule has 1 saturated heterocycles. The quantitative estimate of drug-likeness (QED) is 0.402. The molecule has 0 N–H and O–H groups in total. The van der Waals surface area contributed by atoms with E-state index in [2.05, 4.69) is 4.74 Å². The fourth-order valence-corrected chi connectivity index (χ4v) is 5.65. The van der Waals surface area contributed by atoms with Crippen molar-refractivity contribution < 1.29 is 40.4 Å². The summed E-state index contributed by atoms with van der Waals surface area (Å²) < 4.78 is 62.9. The number of rotatable bonds is 5. The number of carbonyl (C=O) groups is 2. The van der Waals surface area contributed by atoms with Gasteiger partial charge in [-0.05, 0) is 18.8 Å². The first-order valence-corrected chi connectivity index (χ1v) is 8.72. The molecule has 0 amide bonds. The van der Waals surface area contributed by atoms with Crippen LogP contribution in [0.15, 0.2) is 0 Å². The Morgan fingerprint density at radius 1 is 1.22 bits per heavy atom. The molecular formula is C13H16F2O7S. The summed E-state index contributed by atoms with van der Waals surface area (Å²) >= 11 is 0. The van der Waals surface area contributed by atoms with E-state index >= 15 is 0 Å². The van der Waals surface area contributed by atoms with Crippen LogP contribution in [0, 0.1) is 17.8 Å². The first-order valence-electron chi connectivity index (χ1n) is 7.25. The fraction of sp³-hybridized carbons (Fsp3) is 0.846. The second-order valence-corrected chi connectivity index (χ2v) is 7.99. The molecule has 0 aromatic heterocycles. The number of esters is 2. The Balaban J connectivity index is 1.50. The molecule has 2 aliphatic carbocycles. The van der Waals surface area contributed by atoms with Crippen molar-refractivity contribution in [3.63, 3.8) is 0 Å². The molecule has 130 valence electrons. The van der Waals surface area contributed by atoms with Gasteiger partial charge in [0.2, 0.25) is 0 Å². The molecule has 10 heteroatoms. The lowest BCUT2D eigenvalue weighted by atomic mass is 9.86. The monoisotopic (exact) mass is 354 g/mol. The summed E-state index contributed by atoms with van der Waals surface area (Å²) in [4.78, 5) is 22.9. The highest BCUT2D eigenvalue weighted by Crippen LogP contribution is 2.57. The highest BCUT2D eigenvalue weighted by Gasteiger charge is 2.66. The summed E-state index contributed by atoms with van der Waals surface area (Å²) in [6.45, 7) is -0.441. The van der Waals surface area contributed by atoms with E-state index in [4.69, 9.17) is 8.92 Å². The SMILES string of the molecule is CC(F)(F)C(=O)OCCOC(=O)C1C2CC3C1OS(=O)(=O)C3C2. The minimum Gasteiger partial charge on any atom is -0.462 e. The van der Waals surface area contributed by atoms with Crippen LogP contribution in [0.5, 0.6) is 0 Å². The van der Waals surface area contributed by atoms with Gasteiger partial charge in [0.25, 0.3) is 10.1 Å². The van der Waals surface area contributed by atoms with Crippen molar-refractivity contribution in [2.45, 2.75) is 37.0 Å². The topological polar surface area (TPSA) is 96.0 Å². The summed E-state index contributed by atoms with van der Waals surface area (Å²) in [5.74, 6) is -6.90. The van der Waals surface area contributed by atoms with E-state index in [-0.39, 0.29) is 18.4 Å². The predicted molar refractivity (Wildman–Crippen MR) is 69.8 cm³/mol. The maximum atomic E-state index is 12.6. The Morgan fingerprint density at radius 2 is 1.87 bits per heavy atom. The minimum absolute atomic E-state index is 0.109. The number of hydrogen-bond acceptors (Lipinski definition) is 7. The van der Waals surface area contributed by atoms with Crippen LogP contribution in [0.4, 0.5) is 8.78 Å². The molecule has 1 aliphatic heterocycles. The van der Waals surface area contributed by atoms with E-state index in [9.17, 15) is 26.8 Å². The van der Waals surface area contributed by atoms with Crippen LogP contribution in [0.2, 0.25) is 0 Å². The number of hydrogen-bond donors (Lipinski definition) is 0. The fourth-order valence-electron chi connectivity index (χ4n) is 3.76. The van der Waals surface area contributed by atoms with E-state index in [1.54, 1.807) is 0 Å². The van der Waals surface area contributed by atoms with Gasteiger partial charge in [-0.25, -0.2) is 4.79 Å². The van der Waals surface area contributed by atoms with E-state index < -0.39 is 51.9 Å². The Labute approximate surface area is 131 Å². The van der Waals surface area contributed by atoms with Crippen molar-refractivity contribution in [1.29, 1.82) is 0 Å². The Bertz CT molecular complexity index is 627. The molecule has 7 nitrogen and oxygen atoms in total. The first-order chi connectivity index (χ1) is 10.6. The van der Waals surface area contributed by atoms with Gasteiger partial charge < -0.3 is 9.47 Å². The number of carbonyl (C=O) groups excluding carboxylic acids is 2. The lowest BCUT2D eigenvalue weighted by molar-refractivity contribution is -0.173. The zero-order chi connectivity index (χ0) is 17.0. The minimum atomic E-state index is -3.61. The molecule has 0 aromatic rings. The molecule has 0 aromatic carbocycles. The molecular weight excluding hydrogens is 338 g/mol. The van der Waals surface area contributed by atoms with Crippen LogP contribution >= 0.6 is 0 Å². The summed E-state index contributed by atoms with van der Waals surface area (Å²) in [7, 11) is -3.61. The van der Waals surface area contributed by atoms with Gasteiger partial charge in [-0.2, -0.15) is 17.2 Å². The standard InChI is InChI=1S/C13H16F2O7S/c1-13(14,15)12(17)21-3-2-20-11(16)9-6-4-7-8(5-6)23(18,19)22-10(7)9/h6-10H,2-5H2,1H3. The van der Waals surface area contributed by atoms with E-state index in [0.29, 0.717) is 19.8 Å². The van der Waals surface area contributed by atoms with E-state index in [1.807, 2.05) is 0 Å². The van der Waals surface area contributed by atoms with Crippen LogP contribution in [-0.4, -0.2) is 50.8 Å². The third kappa shape index (κ3) is 2.82. The molecule has 0 radical (unpaired) electrons. The molecule has 5 unspecified atom stereocenters. The highest BCUT2D eigenvalue weighted by molar-refractivity contribution is 7.87. The first kappa shape index (κ1) is 16.6. The molecule has 3 aliphatic rings. The van der Waals surface area contributed by atoms with Gasteiger partial charge in [0, 0.05) is 12.8 Å². The number of ether oxygens (including phenoxy) is 2. The van der Waals surface area contributed by atoms with Crippen LogP contribution in [0.1, 0.15) is 19.8 Å². The average molecular weight is 354 g/mol. The molecule has 23 heavy (non-hydrogen) atoms. The Hall–Kier alpha value is -1.29. The third-order valence-electron chi connectivity index (χ3n) is 4.68. The van der Waals surface area contributed by atoms with Gasteiger partial charge in [-0.15, -0.1) is 0 Å². The van der Waals surface area contributed by atoms with Crippen molar-refractivity contribution in [2.24, 2.45) is 17.8 Å². The van der Waals surface area contributed by atoms with Gasteiger partial charge in [0.15, 0.2) is 0 Å². The van der Waals surface area contributed by atoms with Gasteiger partial charge in [0.05, 0.1) is 17.3 Å². The van der Waals surface area contributed by atoms with Crippen molar-refractivity contribution >= 4 is 22.1 Å². The molecule has 1 heterocycles. The summed E-state index contributed by atoms with van der Waals surface area (Å²) in [5, 5.41) is -0.533. The van der Waals surface area contributed by atoms with Crippen LogP contribution < -0.4 is 0 Å². The highest BCUT2D eigenvalue weighted by atomic mass is 32.2. The second kappa shape index (κ2) is 5.37. The average Bonchev–Trinajstić information content (AvgIpc) is 3.03. The van der Waals surface area contributed by atoms with E-state index in [1.165, 1.54) is 0 Å². The molecule has 5 atom stereocenters. The van der Waals surface area contributed by atoms with Gasteiger partial charge in [-0.1, -0.05) is 0 Å². The van der Waals surface area contributed by atoms with Gasteiger partial charge in [0.1, 0.15) is 13.2 Å². The third-order valence-corrected chi connectivity index (χ3v) is 6.45. The zero-order valence-electron chi connectivity index (χ0n) is 12.2. The summed E-state index contributed by atoms with van der Waals surface area (Å²) in [6, 6.07) is 0. The maximum Gasteiger partial charge on any atom is 0.376 e. The van der Waals surface area contributed by atoms with Crippen molar-refractivity contribution in [3.05, 3.63) is 0 Å². The lowest BCUT2D eigenvalue weighted by Crippen LogP contribution is -2.36. The number of alkyl halides is 2. The summed E-state index contributed by atoms with van der Waals surface area (Å²) in [5.41, 5.74) is 0.